The van der Waals surface area contributed by atoms with Crippen molar-refractivity contribution in [2.45, 2.75) is 0 Å². The number of nitrogens with zero attached hydrogens (tertiary/aromatic N) is 4. The van der Waals surface area contributed by atoms with Crippen LogP contribution in [-0.4, -0.2) is 9.13 Å². The number of furan rings is 4. The van der Waals surface area contributed by atoms with E-state index in [0.29, 0.717) is 0 Å². The Hall–Kier alpha value is -16.7. The van der Waals surface area contributed by atoms with Gasteiger partial charge in [0.05, 0.1) is 56.2 Å². The van der Waals surface area contributed by atoms with E-state index in [9.17, 15) is 0 Å². The second kappa shape index (κ2) is 27.4. The maximum Gasteiger partial charge on any atom is 0.143 e. The summed E-state index contributed by atoms with van der Waals surface area (Å²) < 4.78 is 32.4. The third-order valence-corrected chi connectivity index (χ3v) is 25.7. The fraction of sp³-hybridized carbons (Fsp3) is 0. The smallest absolute Gasteiger partial charge is 0.143 e. The first-order chi connectivity index (χ1) is 61.5. The Morgan fingerprint density at radius 1 is 0.177 bits per heavy atom. The Morgan fingerprint density at radius 3 is 1.12 bits per heavy atom. The zero-order valence-corrected chi connectivity index (χ0v) is 66.8. The highest BCUT2D eigenvalue weighted by molar-refractivity contribution is 6.23. The van der Waals surface area contributed by atoms with Crippen molar-refractivity contribution in [1.82, 2.24) is 9.13 Å². The van der Waals surface area contributed by atoms with E-state index >= 15 is 0 Å². The maximum atomic E-state index is 7.17. The Morgan fingerprint density at radius 2 is 0.548 bits per heavy atom. The number of hydrogen-bond acceptors (Lipinski definition) is 6. The molecule has 6 heterocycles. The predicted molar refractivity (Wildman–Crippen MR) is 516 cm³/mol. The third kappa shape index (κ3) is 10.6. The highest BCUT2D eigenvalue weighted by Crippen LogP contribution is 2.53. The summed E-state index contributed by atoms with van der Waals surface area (Å²) in [6.45, 7) is 0. The van der Waals surface area contributed by atoms with Crippen LogP contribution in [0.3, 0.4) is 0 Å². The molecule has 578 valence electrons. The molecule has 8 nitrogen and oxygen atoms in total. The lowest BCUT2D eigenvalue weighted by molar-refractivity contribution is 0.669. The van der Waals surface area contributed by atoms with Crippen LogP contribution in [0.5, 0.6) is 0 Å². The first-order valence-electron chi connectivity index (χ1n) is 42.3. The van der Waals surface area contributed by atoms with Gasteiger partial charge in [0, 0.05) is 103 Å². The van der Waals surface area contributed by atoms with E-state index in [2.05, 4.69) is 431 Å². The van der Waals surface area contributed by atoms with Crippen molar-refractivity contribution in [3.8, 4) is 67.0 Å². The monoisotopic (exact) mass is 1580 g/mol. The van der Waals surface area contributed by atoms with Crippen LogP contribution < -0.4 is 9.80 Å². The first kappa shape index (κ1) is 69.3. The van der Waals surface area contributed by atoms with Gasteiger partial charge in [0.2, 0.25) is 0 Å². The van der Waals surface area contributed by atoms with Gasteiger partial charge in [0.25, 0.3) is 0 Å². The van der Waals surface area contributed by atoms with E-state index < -0.39 is 0 Å². The molecule has 26 aromatic rings. The van der Waals surface area contributed by atoms with Crippen LogP contribution in [-0.2, 0) is 0 Å². The number of benzene rings is 20. The average Bonchev–Trinajstić information content (AvgIpc) is 1.56. The number of fused-ring (bicyclic) bond motifs is 22. The Bertz CT molecular complexity index is 8810. The summed E-state index contributed by atoms with van der Waals surface area (Å²) in [5.41, 5.74) is 30.2. The number of rotatable bonds is 13. The molecule has 0 N–H and O–H groups in total. The molecule has 20 aromatic carbocycles. The predicted octanol–water partition coefficient (Wildman–Crippen LogP) is 33.1. The summed E-state index contributed by atoms with van der Waals surface area (Å²) in [5.74, 6) is 0. The quantitative estimate of drug-likeness (QED) is 0.115. The van der Waals surface area contributed by atoms with Gasteiger partial charge in [0.15, 0.2) is 0 Å². The molecule has 0 atom stereocenters. The van der Waals surface area contributed by atoms with Crippen molar-refractivity contribution in [3.63, 3.8) is 0 Å². The van der Waals surface area contributed by atoms with Crippen LogP contribution in [0.4, 0.5) is 34.1 Å². The third-order valence-electron chi connectivity index (χ3n) is 25.7. The molecular formula is C116H70N4O4. The topological polar surface area (TPSA) is 68.9 Å². The van der Waals surface area contributed by atoms with E-state index in [0.717, 1.165) is 232 Å². The SMILES string of the molecule is c1ccc(N(c2ccc(-c3ccc4c(c3)oc3c(-c5ccc6c(ccc7c6oc6cccc(-c8ccccc8N(c8ccc(-c9cccc%10oc%11ccccc%11c9%10)cc8)c8ccccc8-n8c9ccccc9c9ccccc98)c67)c5)cccc34)cc2)c2ccccc2-n2c3ccccc3c3ccccc32)c(-c2cccc3oc4c5ccccc5ccc4c23)c1. The van der Waals surface area contributed by atoms with Gasteiger partial charge in [-0.15, -0.1) is 0 Å². The van der Waals surface area contributed by atoms with Gasteiger partial charge in [-0.1, -0.05) is 279 Å². The molecule has 26 rings (SSSR count). The zero-order chi connectivity index (χ0) is 81.2. The fourth-order valence-corrected chi connectivity index (χ4v) is 20.3. The lowest BCUT2D eigenvalue weighted by atomic mass is 9.95. The van der Waals surface area contributed by atoms with E-state index in [1.807, 2.05) is 12.1 Å². The number of anilines is 6. The van der Waals surface area contributed by atoms with Crippen molar-refractivity contribution in [2.75, 3.05) is 9.80 Å². The minimum atomic E-state index is 0.812. The van der Waals surface area contributed by atoms with Crippen LogP contribution in [0.1, 0.15) is 0 Å². The lowest BCUT2D eigenvalue weighted by Crippen LogP contribution is -2.14. The molecule has 0 saturated heterocycles. The highest BCUT2D eigenvalue weighted by Gasteiger charge is 2.29. The van der Waals surface area contributed by atoms with Crippen molar-refractivity contribution in [3.05, 3.63) is 425 Å². The molecule has 0 fully saturated rings. The van der Waals surface area contributed by atoms with Crippen LogP contribution >= 0.6 is 0 Å². The van der Waals surface area contributed by atoms with Crippen molar-refractivity contribution in [2.24, 2.45) is 0 Å². The van der Waals surface area contributed by atoms with E-state index in [-0.39, 0.29) is 0 Å². The van der Waals surface area contributed by atoms with Gasteiger partial charge < -0.3 is 36.6 Å². The fourth-order valence-electron chi connectivity index (χ4n) is 20.3. The van der Waals surface area contributed by atoms with E-state index in [4.69, 9.17) is 17.7 Å². The molecule has 0 aliphatic heterocycles. The summed E-state index contributed by atoms with van der Waals surface area (Å²) in [7, 11) is 0. The molecule has 0 radical (unpaired) electrons. The van der Waals surface area contributed by atoms with Crippen LogP contribution in [0, 0.1) is 0 Å². The molecule has 0 aliphatic carbocycles. The van der Waals surface area contributed by atoms with Crippen LogP contribution in [0.25, 0.3) is 220 Å². The Labute approximate surface area is 710 Å². The summed E-state index contributed by atoms with van der Waals surface area (Å²) in [4.78, 5) is 4.89. The normalized spacial score (nSPS) is 12.0. The van der Waals surface area contributed by atoms with Gasteiger partial charge in [-0.25, -0.2) is 0 Å². The lowest BCUT2D eigenvalue weighted by Gasteiger charge is -2.30. The number of hydrogen-bond donors (Lipinski definition) is 0. The minimum Gasteiger partial charge on any atom is -0.456 e. The molecule has 8 heteroatoms. The average molecular weight is 1580 g/mol. The summed E-state index contributed by atoms with van der Waals surface area (Å²) >= 11 is 0. The van der Waals surface area contributed by atoms with Crippen molar-refractivity contribution in [1.29, 1.82) is 0 Å². The maximum absolute atomic E-state index is 7.17. The van der Waals surface area contributed by atoms with E-state index in [1.165, 1.54) is 21.5 Å². The van der Waals surface area contributed by atoms with E-state index in [1.54, 1.807) is 0 Å². The molecule has 0 aliphatic rings. The Balaban J connectivity index is 0.566. The molecule has 6 aromatic heterocycles. The van der Waals surface area contributed by atoms with Gasteiger partial charge >= 0.3 is 0 Å². The highest BCUT2D eigenvalue weighted by atomic mass is 16.3. The van der Waals surface area contributed by atoms with Crippen molar-refractivity contribution >= 4 is 187 Å². The van der Waals surface area contributed by atoms with Crippen molar-refractivity contribution < 1.29 is 17.7 Å². The Kier molecular flexibility index (Phi) is 15.3. The van der Waals surface area contributed by atoms with Crippen LogP contribution in [0.15, 0.2) is 442 Å². The van der Waals surface area contributed by atoms with Gasteiger partial charge in [-0.2, -0.15) is 0 Å². The zero-order valence-electron chi connectivity index (χ0n) is 66.8. The molecule has 124 heavy (non-hydrogen) atoms. The summed E-state index contributed by atoms with van der Waals surface area (Å²) in [6, 6.07) is 153. The summed E-state index contributed by atoms with van der Waals surface area (Å²) in [5, 5.41) is 17.7. The van der Waals surface area contributed by atoms with Gasteiger partial charge in [0.1, 0.15) is 44.7 Å². The second-order valence-electron chi connectivity index (χ2n) is 32.4. The van der Waals surface area contributed by atoms with Gasteiger partial charge in [-0.3, -0.25) is 0 Å². The second-order valence-corrected chi connectivity index (χ2v) is 32.4. The molecule has 0 amide bonds. The number of para-hydroxylation sites is 12. The molecular weight excluding hydrogens is 1510 g/mol. The molecule has 0 spiro atoms. The van der Waals surface area contributed by atoms with Crippen LogP contribution in [0.2, 0.25) is 0 Å². The number of aromatic nitrogens is 2. The standard InChI is InChI=1S/C116H70N4O4/c1-2-26-80-72(25-1)57-67-94-112-90(36-23-51-108(112)122-115(80)94)87-31-7-10-39-96(87)117(102-45-16-18-47-104(102)119-98-41-12-3-27-83(98)84-28-4-13-42-99(84)119)77-61-53-71(54-62-77)74-58-66-89-92-38-21-35-81(114(92)124-110(89)70-74)75-59-65-82-76(69-75)60-68-95-113-91(37-24-52-109(113)123-116(82)95)88-32-8-11-40-97(88)118(78-63-55-73(56-64-78)79-34-22-50-107-111(79)93-33-9-20-49-106(93)121-107)103-46-17-19-48-105(103)120-100-43-14-5-29-85(100)86-30-6-15-44-101(86)120/h1-70H. The molecule has 0 bridgehead atoms. The molecule has 0 unspecified atom stereocenters. The summed E-state index contributed by atoms with van der Waals surface area (Å²) in [6.07, 6.45) is 0. The largest absolute Gasteiger partial charge is 0.456 e. The molecule has 0 saturated carbocycles. The minimum absolute atomic E-state index is 0.812. The first-order valence-corrected chi connectivity index (χ1v) is 42.3. The van der Waals surface area contributed by atoms with Gasteiger partial charge in [-0.05, 0) is 195 Å².